The number of phosphoric ester groups is 1. The number of nitrogens with one attached hydrogen (secondary N) is 1. The third kappa shape index (κ3) is 43.3. The van der Waals surface area contributed by atoms with Crippen molar-refractivity contribution < 1.29 is 37.3 Å². The van der Waals surface area contributed by atoms with Gasteiger partial charge in [-0.2, -0.15) is 0 Å². The molecule has 3 unspecified atom stereocenters. The SMILES string of the molecule is CCCC/C=C\CCCCCCCC(=O)NC(COP(=O)(O)OCC[N+](C)(C)C)C(/C=C/CCCCCCCCCCCCC)OC(=O)CCCCCCC/C=C\CCCC. The van der Waals surface area contributed by atoms with Gasteiger partial charge in [0.05, 0.1) is 33.8 Å². The van der Waals surface area contributed by atoms with Gasteiger partial charge in [-0.25, -0.2) is 4.57 Å². The number of carbonyl (C=O) groups excluding carboxylic acids is 2. The zero-order valence-electron chi connectivity index (χ0n) is 40.7. The van der Waals surface area contributed by atoms with Gasteiger partial charge in [0, 0.05) is 12.8 Å². The lowest BCUT2D eigenvalue weighted by Gasteiger charge is -2.27. The maximum absolute atomic E-state index is 13.4. The molecule has 0 spiro atoms. The number of allylic oxidation sites excluding steroid dienone is 5. The predicted octanol–water partition coefficient (Wildman–Crippen LogP) is 14.4. The van der Waals surface area contributed by atoms with Crippen molar-refractivity contribution in [2.24, 2.45) is 0 Å². The average Bonchev–Trinajstić information content (AvgIpc) is 3.21. The summed E-state index contributed by atoms with van der Waals surface area (Å²) < 4.78 is 30.4. The molecule has 0 aliphatic rings. The Morgan fingerprint density at radius 1 is 0.557 bits per heavy atom. The van der Waals surface area contributed by atoms with Crippen molar-refractivity contribution in [3.8, 4) is 0 Å². The molecule has 0 aromatic rings. The summed E-state index contributed by atoms with van der Waals surface area (Å²) >= 11 is 0. The number of unbranched alkanes of at least 4 members (excludes halogenated alkanes) is 25. The molecule has 358 valence electrons. The number of ether oxygens (including phenoxy) is 1. The Morgan fingerprint density at radius 2 is 0.967 bits per heavy atom. The van der Waals surface area contributed by atoms with Crippen molar-refractivity contribution in [3.05, 3.63) is 36.5 Å². The molecule has 9 nitrogen and oxygen atoms in total. The van der Waals surface area contributed by atoms with Gasteiger partial charge in [-0.05, 0) is 70.3 Å². The molecule has 1 amide bonds. The summed E-state index contributed by atoms with van der Waals surface area (Å²) in [6.07, 6.45) is 47.1. The van der Waals surface area contributed by atoms with Crippen molar-refractivity contribution in [1.82, 2.24) is 5.32 Å². The quantitative estimate of drug-likeness (QED) is 0.0206. The van der Waals surface area contributed by atoms with Gasteiger partial charge in [0.15, 0.2) is 0 Å². The van der Waals surface area contributed by atoms with Gasteiger partial charge in [-0.3, -0.25) is 18.6 Å². The highest BCUT2D eigenvalue weighted by Gasteiger charge is 2.30. The molecule has 0 aromatic carbocycles. The normalized spacial score (nSPS) is 14.3. The summed E-state index contributed by atoms with van der Waals surface area (Å²) in [6, 6.07) is -0.850. The fourth-order valence-corrected chi connectivity index (χ4v) is 7.75. The third-order valence-corrected chi connectivity index (χ3v) is 12.0. The van der Waals surface area contributed by atoms with Crippen molar-refractivity contribution in [1.29, 1.82) is 0 Å². The molecule has 0 aliphatic heterocycles. The van der Waals surface area contributed by atoms with Crippen LogP contribution in [-0.2, 0) is 27.9 Å². The van der Waals surface area contributed by atoms with Crippen LogP contribution in [0.4, 0.5) is 0 Å². The lowest BCUT2D eigenvalue weighted by Crippen LogP contribution is -2.47. The van der Waals surface area contributed by atoms with E-state index in [1.807, 2.05) is 33.3 Å². The van der Waals surface area contributed by atoms with Crippen LogP contribution < -0.4 is 5.32 Å². The van der Waals surface area contributed by atoms with Crippen molar-refractivity contribution >= 4 is 19.7 Å². The Morgan fingerprint density at radius 3 is 1.44 bits per heavy atom. The molecule has 0 aromatic heterocycles. The van der Waals surface area contributed by atoms with E-state index in [2.05, 4.69) is 50.4 Å². The summed E-state index contributed by atoms with van der Waals surface area (Å²) in [5.74, 6) is -0.528. The molecule has 2 N–H and O–H groups in total. The fraction of sp³-hybridized carbons (Fsp3) is 0.843. The summed E-state index contributed by atoms with van der Waals surface area (Å²) in [6.45, 7) is 6.91. The van der Waals surface area contributed by atoms with Gasteiger partial charge in [-0.15, -0.1) is 0 Å². The lowest BCUT2D eigenvalue weighted by molar-refractivity contribution is -0.870. The molecule has 10 heteroatoms. The first-order chi connectivity index (χ1) is 29.4. The van der Waals surface area contributed by atoms with Crippen molar-refractivity contribution in [2.45, 2.75) is 238 Å². The maximum atomic E-state index is 13.4. The summed E-state index contributed by atoms with van der Waals surface area (Å²) in [4.78, 5) is 37.3. The van der Waals surface area contributed by atoms with E-state index in [1.165, 1.54) is 83.5 Å². The minimum absolute atomic E-state index is 0.0381. The monoisotopic (exact) mass is 882 g/mol. The van der Waals surface area contributed by atoms with E-state index in [1.54, 1.807) is 0 Å². The van der Waals surface area contributed by atoms with Crippen LogP contribution in [0.1, 0.15) is 226 Å². The number of hydrogen-bond donors (Lipinski definition) is 2. The first-order valence-electron chi connectivity index (χ1n) is 25.3. The molecule has 0 heterocycles. The number of rotatable bonds is 45. The number of nitrogens with zero attached hydrogens (tertiary/aromatic N) is 1. The van der Waals surface area contributed by atoms with Gasteiger partial charge in [0.25, 0.3) is 0 Å². The Labute approximate surface area is 376 Å². The minimum atomic E-state index is -4.43. The number of esters is 1. The molecule has 0 rings (SSSR count). The molecule has 0 aliphatic carbocycles. The molecular weight excluding hydrogens is 784 g/mol. The van der Waals surface area contributed by atoms with Crippen LogP contribution in [0.15, 0.2) is 36.5 Å². The van der Waals surface area contributed by atoms with Crippen LogP contribution in [0.3, 0.4) is 0 Å². The van der Waals surface area contributed by atoms with Crippen LogP contribution in [0, 0.1) is 0 Å². The highest BCUT2D eigenvalue weighted by molar-refractivity contribution is 7.47. The van der Waals surface area contributed by atoms with E-state index in [9.17, 15) is 19.0 Å². The zero-order valence-corrected chi connectivity index (χ0v) is 41.6. The molecule has 0 fully saturated rings. The summed E-state index contributed by atoms with van der Waals surface area (Å²) in [5.41, 5.74) is 0. The molecule has 0 radical (unpaired) electrons. The Balaban J connectivity index is 5.49. The van der Waals surface area contributed by atoms with E-state index < -0.39 is 20.0 Å². The lowest BCUT2D eigenvalue weighted by atomic mass is 10.0. The van der Waals surface area contributed by atoms with E-state index in [0.717, 1.165) is 109 Å². The standard InChI is InChI=1S/C51H97N2O7P/c1-7-10-13-16-19-22-25-26-29-30-33-36-39-42-49(60-51(55)44-41-38-35-32-28-24-21-18-15-12-9-3)48(47-59-61(56,57)58-46-45-53(4,5)6)52-50(54)43-40-37-34-31-27-23-20-17-14-11-8-2/h17-18,20-21,39,42,48-49H,7-16,19,22-38,40-41,43-47H2,1-6H3,(H-,52,54,56,57)/p+1/b20-17-,21-18-,42-39+. The molecule has 0 bridgehead atoms. The Bertz CT molecular complexity index is 1150. The number of amides is 1. The van der Waals surface area contributed by atoms with Gasteiger partial charge in [0.1, 0.15) is 19.3 Å². The van der Waals surface area contributed by atoms with Gasteiger partial charge in [0.2, 0.25) is 5.91 Å². The number of quaternary nitrogens is 1. The van der Waals surface area contributed by atoms with E-state index in [4.69, 9.17) is 13.8 Å². The van der Waals surface area contributed by atoms with Gasteiger partial charge < -0.3 is 19.4 Å². The van der Waals surface area contributed by atoms with Crippen molar-refractivity contribution in [2.75, 3.05) is 40.9 Å². The Hall–Kier alpha value is -1.77. The highest BCUT2D eigenvalue weighted by atomic mass is 31.2. The number of carbonyl (C=O) groups is 2. The molecule has 3 atom stereocenters. The second-order valence-corrected chi connectivity index (χ2v) is 19.8. The second-order valence-electron chi connectivity index (χ2n) is 18.3. The summed E-state index contributed by atoms with van der Waals surface area (Å²) in [7, 11) is 1.49. The topological polar surface area (TPSA) is 111 Å². The predicted molar refractivity (Wildman–Crippen MR) is 259 cm³/mol. The third-order valence-electron chi connectivity index (χ3n) is 11.1. The van der Waals surface area contributed by atoms with E-state index in [-0.39, 0.29) is 31.5 Å². The first-order valence-corrected chi connectivity index (χ1v) is 26.8. The van der Waals surface area contributed by atoms with E-state index in [0.29, 0.717) is 17.4 Å². The van der Waals surface area contributed by atoms with Crippen LogP contribution in [0.25, 0.3) is 0 Å². The molecule has 61 heavy (non-hydrogen) atoms. The largest absolute Gasteiger partial charge is 0.472 e. The molecule has 0 saturated carbocycles. The van der Waals surface area contributed by atoms with Crippen molar-refractivity contribution in [3.63, 3.8) is 0 Å². The number of hydrogen-bond acceptors (Lipinski definition) is 6. The minimum Gasteiger partial charge on any atom is -0.456 e. The molecular formula is C51H98N2O7P+. The number of phosphoric acid groups is 1. The highest BCUT2D eigenvalue weighted by Crippen LogP contribution is 2.43. The van der Waals surface area contributed by atoms with Crippen LogP contribution in [-0.4, -0.2) is 74.3 Å². The van der Waals surface area contributed by atoms with Crippen LogP contribution in [0.5, 0.6) is 0 Å². The van der Waals surface area contributed by atoms with Crippen LogP contribution in [0.2, 0.25) is 0 Å². The summed E-state index contributed by atoms with van der Waals surface area (Å²) in [5, 5.41) is 3.02. The van der Waals surface area contributed by atoms with Gasteiger partial charge >= 0.3 is 13.8 Å². The zero-order chi connectivity index (χ0) is 45.1. The Kier molecular flexibility index (Phi) is 41.0. The smallest absolute Gasteiger partial charge is 0.456 e. The average molecular weight is 882 g/mol. The molecule has 0 saturated heterocycles. The maximum Gasteiger partial charge on any atom is 0.472 e. The van der Waals surface area contributed by atoms with Crippen LogP contribution >= 0.6 is 7.82 Å². The number of likely N-dealkylation sites (N-methyl/N-ethyl adjacent to an activating group) is 1. The first kappa shape index (κ1) is 59.2. The van der Waals surface area contributed by atoms with E-state index >= 15 is 0 Å². The second kappa shape index (κ2) is 42.2. The fourth-order valence-electron chi connectivity index (χ4n) is 7.02. The van der Waals surface area contributed by atoms with Gasteiger partial charge in [-0.1, -0.05) is 180 Å².